The van der Waals surface area contributed by atoms with Crippen LogP contribution in [0.25, 0.3) is 10.2 Å². The minimum absolute atomic E-state index is 0.107. The smallest absolute Gasteiger partial charge is 0.270 e. The molecule has 1 aliphatic heterocycles. The summed E-state index contributed by atoms with van der Waals surface area (Å²) in [6.45, 7) is 4.69. The van der Waals surface area contributed by atoms with Gasteiger partial charge in [-0.1, -0.05) is 0 Å². The molecule has 19 heavy (non-hydrogen) atoms. The number of rotatable bonds is 1. The lowest BCUT2D eigenvalue weighted by Crippen LogP contribution is -2.52. The SMILES string of the molecule is CC1CN(C(=O)c2cc3scc(Br)c3[nH]2)CCN1C. The van der Waals surface area contributed by atoms with Gasteiger partial charge in [-0.2, -0.15) is 0 Å². The Morgan fingerprint density at radius 3 is 3.00 bits per heavy atom. The molecule has 3 heterocycles. The van der Waals surface area contributed by atoms with Crippen molar-refractivity contribution in [3.05, 3.63) is 21.6 Å². The molecule has 6 heteroatoms. The summed E-state index contributed by atoms with van der Waals surface area (Å²) < 4.78 is 2.15. The number of hydrogen-bond acceptors (Lipinski definition) is 3. The summed E-state index contributed by atoms with van der Waals surface area (Å²) in [5.41, 5.74) is 1.72. The van der Waals surface area contributed by atoms with E-state index in [4.69, 9.17) is 0 Å². The fourth-order valence-corrected chi connectivity index (χ4v) is 3.94. The number of hydrogen-bond donors (Lipinski definition) is 1. The van der Waals surface area contributed by atoms with Gasteiger partial charge < -0.3 is 14.8 Å². The number of thiophene rings is 1. The van der Waals surface area contributed by atoms with Crippen LogP contribution in [0, 0.1) is 0 Å². The number of aromatic amines is 1. The quantitative estimate of drug-likeness (QED) is 0.866. The van der Waals surface area contributed by atoms with Crippen LogP contribution in [0.1, 0.15) is 17.4 Å². The number of halogens is 1. The Balaban J connectivity index is 1.83. The molecule has 2 aromatic heterocycles. The van der Waals surface area contributed by atoms with Crippen LogP contribution < -0.4 is 0 Å². The van der Waals surface area contributed by atoms with Crippen LogP contribution in [0.4, 0.5) is 0 Å². The number of piperazine rings is 1. The van der Waals surface area contributed by atoms with Gasteiger partial charge in [0.15, 0.2) is 0 Å². The maximum atomic E-state index is 12.5. The fraction of sp³-hybridized carbons (Fsp3) is 0.462. The standard InChI is InChI=1S/C13H16BrN3OS/c1-8-6-17(4-3-16(8)2)13(18)10-5-11-12(15-10)9(14)7-19-11/h5,7-8,15H,3-4,6H2,1-2H3. The highest BCUT2D eigenvalue weighted by atomic mass is 79.9. The summed E-state index contributed by atoms with van der Waals surface area (Å²) in [7, 11) is 2.11. The Labute approximate surface area is 124 Å². The Kier molecular flexibility index (Phi) is 3.41. The molecule has 1 N–H and O–H groups in total. The fourth-order valence-electron chi connectivity index (χ4n) is 2.40. The third-order valence-electron chi connectivity index (χ3n) is 3.79. The summed E-state index contributed by atoms with van der Waals surface area (Å²) in [5.74, 6) is 0.107. The van der Waals surface area contributed by atoms with E-state index in [9.17, 15) is 4.79 Å². The normalized spacial score (nSPS) is 21.2. The number of H-pyrrole nitrogens is 1. The lowest BCUT2D eigenvalue weighted by atomic mass is 10.2. The van der Waals surface area contributed by atoms with Gasteiger partial charge in [-0.25, -0.2) is 0 Å². The molecule has 1 saturated heterocycles. The molecule has 0 aromatic carbocycles. The molecule has 4 nitrogen and oxygen atoms in total. The summed E-state index contributed by atoms with van der Waals surface area (Å²) in [4.78, 5) is 19.9. The average Bonchev–Trinajstić information content (AvgIpc) is 2.95. The van der Waals surface area contributed by atoms with E-state index >= 15 is 0 Å². The first kappa shape index (κ1) is 13.1. The zero-order valence-corrected chi connectivity index (χ0v) is 13.3. The number of amides is 1. The molecule has 1 aliphatic rings. The van der Waals surface area contributed by atoms with Crippen molar-refractivity contribution in [2.24, 2.45) is 0 Å². The maximum absolute atomic E-state index is 12.5. The van der Waals surface area contributed by atoms with Crippen LogP contribution in [-0.4, -0.2) is 53.4 Å². The van der Waals surface area contributed by atoms with Gasteiger partial charge in [-0.15, -0.1) is 11.3 Å². The van der Waals surface area contributed by atoms with Gasteiger partial charge in [0.05, 0.1) is 14.7 Å². The predicted molar refractivity (Wildman–Crippen MR) is 81.9 cm³/mol. The highest BCUT2D eigenvalue weighted by molar-refractivity contribution is 9.10. The molecule has 1 atom stereocenters. The number of fused-ring (bicyclic) bond motifs is 1. The van der Waals surface area contributed by atoms with E-state index in [1.54, 1.807) is 11.3 Å². The largest absolute Gasteiger partial charge is 0.349 e. The molecule has 0 aliphatic carbocycles. The first-order valence-electron chi connectivity index (χ1n) is 6.31. The van der Waals surface area contributed by atoms with E-state index in [1.807, 2.05) is 16.3 Å². The molecule has 2 aromatic rings. The molecule has 0 bridgehead atoms. The second kappa shape index (κ2) is 4.92. The molecular formula is C13H16BrN3OS. The van der Waals surface area contributed by atoms with Gasteiger partial charge in [-0.3, -0.25) is 4.79 Å². The molecule has 3 rings (SSSR count). The number of likely N-dealkylation sites (N-methyl/N-ethyl adjacent to an activating group) is 1. The number of carbonyl (C=O) groups is 1. The summed E-state index contributed by atoms with van der Waals surface area (Å²) in [5, 5.41) is 2.04. The number of aromatic nitrogens is 1. The van der Waals surface area contributed by atoms with Gasteiger partial charge in [0.25, 0.3) is 5.91 Å². The lowest BCUT2D eigenvalue weighted by molar-refractivity contribution is 0.0568. The van der Waals surface area contributed by atoms with Crippen molar-refractivity contribution in [1.29, 1.82) is 0 Å². The Morgan fingerprint density at radius 2 is 2.32 bits per heavy atom. The lowest BCUT2D eigenvalue weighted by Gasteiger charge is -2.37. The molecule has 1 amide bonds. The minimum atomic E-state index is 0.107. The number of nitrogens with zero attached hydrogens (tertiary/aromatic N) is 2. The Bertz CT molecular complexity index is 620. The number of carbonyl (C=O) groups excluding carboxylic acids is 1. The highest BCUT2D eigenvalue weighted by Crippen LogP contribution is 2.30. The minimum Gasteiger partial charge on any atom is -0.349 e. The van der Waals surface area contributed by atoms with Gasteiger partial charge >= 0.3 is 0 Å². The van der Waals surface area contributed by atoms with E-state index in [-0.39, 0.29) is 5.91 Å². The van der Waals surface area contributed by atoms with Crippen molar-refractivity contribution >= 4 is 43.4 Å². The van der Waals surface area contributed by atoms with Crippen molar-refractivity contribution in [2.45, 2.75) is 13.0 Å². The Hall–Kier alpha value is -0.850. The third kappa shape index (κ3) is 2.32. The first-order chi connectivity index (χ1) is 9.06. The molecular weight excluding hydrogens is 326 g/mol. The summed E-state index contributed by atoms with van der Waals surface area (Å²) in [6, 6.07) is 2.37. The Morgan fingerprint density at radius 1 is 1.53 bits per heavy atom. The van der Waals surface area contributed by atoms with Crippen LogP contribution in [0.5, 0.6) is 0 Å². The molecule has 1 unspecified atom stereocenters. The second-order valence-electron chi connectivity index (χ2n) is 5.09. The van der Waals surface area contributed by atoms with Crippen molar-refractivity contribution in [2.75, 3.05) is 26.7 Å². The van der Waals surface area contributed by atoms with E-state index in [0.717, 1.165) is 34.3 Å². The van der Waals surface area contributed by atoms with Gasteiger partial charge in [0, 0.05) is 31.1 Å². The monoisotopic (exact) mass is 341 g/mol. The molecule has 0 radical (unpaired) electrons. The van der Waals surface area contributed by atoms with Crippen molar-refractivity contribution in [1.82, 2.24) is 14.8 Å². The van der Waals surface area contributed by atoms with Gasteiger partial charge in [0.2, 0.25) is 0 Å². The van der Waals surface area contributed by atoms with Crippen molar-refractivity contribution in [3.8, 4) is 0 Å². The molecule has 0 spiro atoms. The number of nitrogens with one attached hydrogen (secondary N) is 1. The first-order valence-corrected chi connectivity index (χ1v) is 7.98. The van der Waals surface area contributed by atoms with E-state index < -0.39 is 0 Å². The van der Waals surface area contributed by atoms with Crippen molar-refractivity contribution in [3.63, 3.8) is 0 Å². The molecule has 0 saturated carbocycles. The van der Waals surface area contributed by atoms with E-state index in [2.05, 4.69) is 39.8 Å². The van der Waals surface area contributed by atoms with E-state index in [1.165, 1.54) is 0 Å². The zero-order chi connectivity index (χ0) is 13.6. The second-order valence-corrected chi connectivity index (χ2v) is 6.85. The topological polar surface area (TPSA) is 39.3 Å². The highest BCUT2D eigenvalue weighted by Gasteiger charge is 2.26. The third-order valence-corrected chi connectivity index (χ3v) is 5.64. The van der Waals surface area contributed by atoms with E-state index in [0.29, 0.717) is 11.7 Å². The molecule has 102 valence electrons. The van der Waals surface area contributed by atoms with Gasteiger partial charge in [-0.05, 0) is 36.0 Å². The predicted octanol–water partition coefficient (Wildman–Crippen LogP) is 2.77. The molecule has 1 fully saturated rings. The van der Waals surface area contributed by atoms with Crippen LogP contribution >= 0.6 is 27.3 Å². The average molecular weight is 342 g/mol. The van der Waals surface area contributed by atoms with Crippen LogP contribution in [0.3, 0.4) is 0 Å². The van der Waals surface area contributed by atoms with Crippen LogP contribution in [0.15, 0.2) is 15.9 Å². The summed E-state index contributed by atoms with van der Waals surface area (Å²) in [6.07, 6.45) is 0. The summed E-state index contributed by atoms with van der Waals surface area (Å²) >= 11 is 5.13. The van der Waals surface area contributed by atoms with Gasteiger partial charge in [0.1, 0.15) is 5.69 Å². The zero-order valence-electron chi connectivity index (χ0n) is 10.9. The van der Waals surface area contributed by atoms with Crippen molar-refractivity contribution < 1.29 is 4.79 Å². The maximum Gasteiger partial charge on any atom is 0.270 e. The van der Waals surface area contributed by atoms with Crippen LogP contribution in [0.2, 0.25) is 0 Å². The van der Waals surface area contributed by atoms with Crippen LogP contribution in [-0.2, 0) is 0 Å².